The zero-order valence-electron chi connectivity index (χ0n) is 17.2. The summed E-state index contributed by atoms with van der Waals surface area (Å²) < 4.78 is 12.7. The number of thioether (sulfide) groups is 1. The van der Waals surface area contributed by atoms with Crippen LogP contribution in [0, 0.1) is 0 Å². The molecule has 2 amide bonds. The number of hydrogen-bond donors (Lipinski definition) is 2. The van der Waals surface area contributed by atoms with Gasteiger partial charge in [0.15, 0.2) is 17.3 Å². The predicted octanol–water partition coefficient (Wildman–Crippen LogP) is 2.61. The molecule has 2 aromatic carbocycles. The van der Waals surface area contributed by atoms with Crippen LogP contribution in [0.4, 0.5) is 5.69 Å². The molecule has 0 spiro atoms. The fraction of sp³-hybridized carbons (Fsp3) is 0.273. The van der Waals surface area contributed by atoms with Crippen LogP contribution in [0.25, 0.3) is 0 Å². The highest BCUT2D eigenvalue weighted by Crippen LogP contribution is 2.34. The normalized spacial score (nSPS) is 13.6. The quantitative estimate of drug-likeness (QED) is 0.532. The van der Waals surface area contributed by atoms with Gasteiger partial charge in [0.25, 0.3) is 5.91 Å². The summed E-state index contributed by atoms with van der Waals surface area (Å²) in [5.41, 5.74) is 1.15. The number of aromatic nitrogens is 3. The van der Waals surface area contributed by atoms with Crippen molar-refractivity contribution < 1.29 is 19.1 Å². The molecule has 0 bridgehead atoms. The van der Waals surface area contributed by atoms with Crippen molar-refractivity contribution in [1.29, 1.82) is 0 Å². The number of rotatable bonds is 7. The first-order chi connectivity index (χ1) is 15.7. The van der Waals surface area contributed by atoms with Crippen LogP contribution in [0.5, 0.6) is 11.5 Å². The van der Waals surface area contributed by atoms with E-state index in [1.807, 2.05) is 12.1 Å². The summed E-state index contributed by atoms with van der Waals surface area (Å²) >= 11 is 1.31. The average Bonchev–Trinajstić information content (AvgIpc) is 3.53. The molecule has 164 valence electrons. The second-order valence-corrected chi connectivity index (χ2v) is 8.39. The van der Waals surface area contributed by atoms with Crippen molar-refractivity contribution in [2.45, 2.75) is 30.8 Å². The minimum Gasteiger partial charge on any atom is -0.454 e. The Morgan fingerprint density at radius 2 is 1.97 bits per heavy atom. The number of hydrogen-bond acceptors (Lipinski definition) is 7. The Balaban J connectivity index is 1.18. The van der Waals surface area contributed by atoms with Gasteiger partial charge in [-0.2, -0.15) is 0 Å². The summed E-state index contributed by atoms with van der Waals surface area (Å²) in [6.45, 7) is 1.38. The largest absolute Gasteiger partial charge is 0.454 e. The molecule has 32 heavy (non-hydrogen) atoms. The van der Waals surface area contributed by atoms with Gasteiger partial charge in [0.05, 0.1) is 17.9 Å². The lowest BCUT2D eigenvalue weighted by molar-refractivity contribution is -0.113. The fourth-order valence-electron chi connectivity index (χ4n) is 3.69. The summed E-state index contributed by atoms with van der Waals surface area (Å²) in [5.74, 6) is 2.78. The monoisotopic (exact) mass is 451 g/mol. The fourth-order valence-corrected chi connectivity index (χ4v) is 4.54. The van der Waals surface area contributed by atoms with E-state index in [-0.39, 0.29) is 24.4 Å². The van der Waals surface area contributed by atoms with Crippen molar-refractivity contribution >= 4 is 29.3 Å². The summed E-state index contributed by atoms with van der Waals surface area (Å²) in [6, 6.07) is 12.5. The number of ether oxygens (including phenoxy) is 2. The van der Waals surface area contributed by atoms with E-state index < -0.39 is 0 Å². The van der Waals surface area contributed by atoms with E-state index in [1.165, 1.54) is 11.8 Å². The molecule has 0 saturated heterocycles. The number of fused-ring (bicyclic) bond motifs is 2. The molecule has 3 aromatic rings. The van der Waals surface area contributed by atoms with Gasteiger partial charge in [0.2, 0.25) is 12.7 Å². The van der Waals surface area contributed by atoms with Crippen molar-refractivity contribution in [3.63, 3.8) is 0 Å². The van der Waals surface area contributed by atoms with Crippen molar-refractivity contribution in [2.24, 2.45) is 0 Å². The number of amides is 2. The lowest BCUT2D eigenvalue weighted by atomic mass is 10.2. The maximum Gasteiger partial charge on any atom is 0.252 e. The van der Waals surface area contributed by atoms with Gasteiger partial charge in [-0.1, -0.05) is 12.1 Å². The molecule has 10 heteroatoms. The van der Waals surface area contributed by atoms with E-state index >= 15 is 0 Å². The van der Waals surface area contributed by atoms with E-state index in [0.717, 1.165) is 35.9 Å². The van der Waals surface area contributed by atoms with Crippen LogP contribution in [0.1, 0.15) is 28.4 Å². The van der Waals surface area contributed by atoms with Crippen LogP contribution in [-0.2, 0) is 24.3 Å². The number of nitrogens with one attached hydrogen (secondary N) is 2. The van der Waals surface area contributed by atoms with Gasteiger partial charge >= 0.3 is 0 Å². The molecular weight excluding hydrogens is 430 g/mol. The topological polar surface area (TPSA) is 107 Å². The Kier molecular flexibility index (Phi) is 5.68. The summed E-state index contributed by atoms with van der Waals surface area (Å²) in [5, 5.41) is 14.1. The standard InChI is InChI=1S/C22H21N5O4S/c28-21(24-14-7-8-16-17(10-14)31-13-30-16)12-32-18-5-2-1-4-15(18)22(29)23-11-20-26-25-19-6-3-9-27(19)20/h1-2,4-5,7-8,10H,3,6,9,11-13H2,(H,23,29)(H,24,28). The number of carbonyl (C=O) groups is 2. The Hall–Kier alpha value is -3.53. The number of benzene rings is 2. The van der Waals surface area contributed by atoms with E-state index in [0.29, 0.717) is 29.3 Å². The molecule has 0 unspecified atom stereocenters. The summed E-state index contributed by atoms with van der Waals surface area (Å²) in [7, 11) is 0. The minimum atomic E-state index is -0.209. The third-order valence-corrected chi connectivity index (χ3v) is 6.31. The molecule has 2 aliphatic rings. The lowest BCUT2D eigenvalue weighted by Gasteiger charge is -2.10. The zero-order valence-corrected chi connectivity index (χ0v) is 18.0. The molecular formula is C22H21N5O4S. The van der Waals surface area contributed by atoms with E-state index in [2.05, 4.69) is 25.4 Å². The van der Waals surface area contributed by atoms with Gasteiger partial charge < -0.3 is 24.7 Å². The lowest BCUT2D eigenvalue weighted by Crippen LogP contribution is -2.25. The molecule has 2 N–H and O–H groups in total. The number of aryl methyl sites for hydroxylation is 1. The van der Waals surface area contributed by atoms with Gasteiger partial charge in [-0.3, -0.25) is 9.59 Å². The minimum absolute atomic E-state index is 0.163. The number of nitrogens with zero attached hydrogens (tertiary/aromatic N) is 3. The molecule has 9 nitrogen and oxygen atoms in total. The average molecular weight is 452 g/mol. The predicted molar refractivity (Wildman–Crippen MR) is 118 cm³/mol. The van der Waals surface area contributed by atoms with Gasteiger partial charge in [0.1, 0.15) is 5.82 Å². The van der Waals surface area contributed by atoms with E-state index in [4.69, 9.17) is 9.47 Å². The van der Waals surface area contributed by atoms with Gasteiger partial charge in [-0.05, 0) is 30.7 Å². The summed E-state index contributed by atoms with van der Waals surface area (Å²) in [6.07, 6.45) is 1.98. The first kappa shape index (κ1) is 20.4. The summed E-state index contributed by atoms with van der Waals surface area (Å²) in [4.78, 5) is 26.0. The molecule has 0 radical (unpaired) electrons. The van der Waals surface area contributed by atoms with Crippen LogP contribution >= 0.6 is 11.8 Å². The maximum atomic E-state index is 12.8. The highest BCUT2D eigenvalue weighted by molar-refractivity contribution is 8.00. The van der Waals surface area contributed by atoms with E-state index in [1.54, 1.807) is 30.3 Å². The van der Waals surface area contributed by atoms with Crippen molar-refractivity contribution in [3.8, 4) is 11.5 Å². The molecule has 0 saturated carbocycles. The molecule has 1 aromatic heterocycles. The second kappa shape index (κ2) is 8.91. The first-order valence-electron chi connectivity index (χ1n) is 10.3. The molecule has 3 heterocycles. The van der Waals surface area contributed by atoms with Crippen LogP contribution in [-0.4, -0.2) is 39.1 Å². The van der Waals surface area contributed by atoms with Crippen LogP contribution in [0.3, 0.4) is 0 Å². The van der Waals surface area contributed by atoms with Crippen molar-refractivity contribution in [1.82, 2.24) is 20.1 Å². The first-order valence-corrected chi connectivity index (χ1v) is 11.3. The van der Waals surface area contributed by atoms with Crippen molar-refractivity contribution in [2.75, 3.05) is 17.9 Å². The smallest absolute Gasteiger partial charge is 0.252 e. The zero-order chi connectivity index (χ0) is 21.9. The second-order valence-electron chi connectivity index (χ2n) is 7.37. The van der Waals surface area contributed by atoms with Crippen molar-refractivity contribution in [3.05, 3.63) is 59.7 Å². The van der Waals surface area contributed by atoms with Crippen LogP contribution in [0.15, 0.2) is 47.4 Å². The third-order valence-electron chi connectivity index (χ3n) is 5.24. The Morgan fingerprint density at radius 3 is 2.91 bits per heavy atom. The van der Waals surface area contributed by atoms with Crippen LogP contribution in [0.2, 0.25) is 0 Å². The Labute approximate surface area is 188 Å². The third kappa shape index (κ3) is 4.26. The molecule has 0 aliphatic carbocycles. The molecule has 5 rings (SSSR count). The highest BCUT2D eigenvalue weighted by atomic mass is 32.2. The number of anilines is 1. The van der Waals surface area contributed by atoms with Gasteiger partial charge in [0, 0.05) is 29.6 Å². The van der Waals surface area contributed by atoms with Gasteiger partial charge in [-0.25, -0.2) is 0 Å². The molecule has 0 atom stereocenters. The Bertz CT molecular complexity index is 1180. The maximum absolute atomic E-state index is 12.8. The van der Waals surface area contributed by atoms with Crippen LogP contribution < -0.4 is 20.1 Å². The van der Waals surface area contributed by atoms with E-state index in [9.17, 15) is 9.59 Å². The Morgan fingerprint density at radius 1 is 1.09 bits per heavy atom. The molecule has 0 fully saturated rings. The SMILES string of the molecule is O=C(CSc1ccccc1C(=O)NCc1nnc2n1CCC2)Nc1ccc2c(c1)OCO2. The highest BCUT2D eigenvalue weighted by Gasteiger charge is 2.19. The molecule has 2 aliphatic heterocycles. The van der Waals surface area contributed by atoms with Gasteiger partial charge in [-0.15, -0.1) is 22.0 Å². The number of carbonyl (C=O) groups excluding carboxylic acids is 2.